The molecule has 0 aromatic rings. The fourth-order valence-corrected chi connectivity index (χ4v) is 1.54. The second-order valence-corrected chi connectivity index (χ2v) is 3.27. The molecule has 3 nitrogen and oxygen atoms in total. The zero-order chi connectivity index (χ0) is 8.10. The molecule has 0 aromatic carbocycles. The van der Waals surface area contributed by atoms with Gasteiger partial charge in [-0.2, -0.15) is 4.91 Å². The van der Waals surface area contributed by atoms with Crippen LogP contribution >= 0.6 is 0 Å². The van der Waals surface area contributed by atoms with Crippen LogP contribution in [0.1, 0.15) is 38.5 Å². The normalized spacial score (nSPS) is 33.9. The van der Waals surface area contributed by atoms with Crippen LogP contribution in [0, 0.1) is 4.91 Å². The predicted molar refractivity (Wildman–Crippen MR) is 43.3 cm³/mol. The van der Waals surface area contributed by atoms with E-state index in [9.17, 15) is 10.0 Å². The minimum atomic E-state index is -0.195. The summed E-state index contributed by atoms with van der Waals surface area (Å²) in [4.78, 5) is 10.2. The molecule has 2 atom stereocenters. The summed E-state index contributed by atoms with van der Waals surface area (Å²) in [6, 6.07) is -0.0371. The Morgan fingerprint density at radius 2 is 1.82 bits per heavy atom. The highest BCUT2D eigenvalue weighted by Gasteiger charge is 2.15. The maximum atomic E-state index is 10.2. The lowest BCUT2D eigenvalue weighted by molar-refractivity contribution is 0.138. The summed E-state index contributed by atoms with van der Waals surface area (Å²) in [5.41, 5.74) is 0. The highest BCUT2D eigenvalue weighted by molar-refractivity contribution is 4.71. The van der Waals surface area contributed by atoms with Crippen molar-refractivity contribution in [2.45, 2.75) is 50.7 Å². The van der Waals surface area contributed by atoms with Crippen molar-refractivity contribution in [1.29, 1.82) is 0 Å². The van der Waals surface area contributed by atoms with Gasteiger partial charge in [-0.15, -0.1) is 0 Å². The van der Waals surface area contributed by atoms with Gasteiger partial charge in [-0.05, 0) is 25.7 Å². The molecule has 0 heterocycles. The van der Waals surface area contributed by atoms with Crippen LogP contribution in [-0.4, -0.2) is 17.3 Å². The first kappa shape index (κ1) is 8.65. The highest BCUT2D eigenvalue weighted by atomic mass is 16.3. The van der Waals surface area contributed by atoms with Crippen LogP contribution in [0.5, 0.6) is 0 Å². The molecule has 0 spiro atoms. The number of rotatable bonds is 1. The van der Waals surface area contributed by atoms with E-state index in [0.29, 0.717) is 0 Å². The zero-order valence-electron chi connectivity index (χ0n) is 6.70. The number of hydrogen-bond acceptors (Lipinski definition) is 3. The maximum Gasteiger partial charge on any atom is 0.0920 e. The third-order valence-corrected chi connectivity index (χ3v) is 2.31. The molecule has 1 fully saturated rings. The van der Waals surface area contributed by atoms with Crippen LogP contribution in [0.2, 0.25) is 0 Å². The monoisotopic (exact) mass is 157 g/mol. The van der Waals surface area contributed by atoms with Crippen molar-refractivity contribution < 1.29 is 5.11 Å². The van der Waals surface area contributed by atoms with Crippen LogP contribution in [0.25, 0.3) is 0 Å². The molecule has 0 bridgehead atoms. The largest absolute Gasteiger partial charge is 0.393 e. The quantitative estimate of drug-likeness (QED) is 0.590. The van der Waals surface area contributed by atoms with Gasteiger partial charge in [0, 0.05) is 0 Å². The van der Waals surface area contributed by atoms with E-state index in [-0.39, 0.29) is 12.1 Å². The molecule has 0 radical (unpaired) electrons. The summed E-state index contributed by atoms with van der Waals surface area (Å²) in [6.45, 7) is 0. The Morgan fingerprint density at radius 1 is 1.09 bits per heavy atom. The highest BCUT2D eigenvalue weighted by Crippen LogP contribution is 2.19. The van der Waals surface area contributed by atoms with E-state index in [1.54, 1.807) is 0 Å². The lowest BCUT2D eigenvalue weighted by Crippen LogP contribution is -2.15. The van der Waals surface area contributed by atoms with Gasteiger partial charge in [0.15, 0.2) is 0 Å². The van der Waals surface area contributed by atoms with Crippen molar-refractivity contribution in [1.82, 2.24) is 0 Å². The second-order valence-electron chi connectivity index (χ2n) is 3.27. The van der Waals surface area contributed by atoms with E-state index in [0.717, 1.165) is 38.5 Å². The Balaban J connectivity index is 2.31. The molecule has 0 aliphatic heterocycles. The Kier molecular flexibility index (Phi) is 3.49. The minimum absolute atomic E-state index is 0.0371. The standard InChI is InChI=1S/C8H15NO2/c10-8-4-2-1-3-7(9-11)5-6-8/h7-8,10H,1-6H2. The molecule has 64 valence electrons. The number of nitrogens with zero attached hydrogens (tertiary/aromatic N) is 1. The lowest BCUT2D eigenvalue weighted by Gasteiger charge is -2.16. The summed E-state index contributed by atoms with van der Waals surface area (Å²) < 4.78 is 0. The fraction of sp³-hybridized carbons (Fsp3) is 1.00. The van der Waals surface area contributed by atoms with E-state index in [1.807, 2.05) is 0 Å². The molecule has 1 aliphatic carbocycles. The molecule has 0 amide bonds. The molecular weight excluding hydrogens is 142 g/mol. The van der Waals surface area contributed by atoms with Crippen molar-refractivity contribution in [3.63, 3.8) is 0 Å². The van der Waals surface area contributed by atoms with Gasteiger partial charge < -0.3 is 5.11 Å². The van der Waals surface area contributed by atoms with Crippen molar-refractivity contribution in [3.05, 3.63) is 4.91 Å². The van der Waals surface area contributed by atoms with Crippen LogP contribution in [0.4, 0.5) is 0 Å². The van der Waals surface area contributed by atoms with E-state index >= 15 is 0 Å². The molecule has 11 heavy (non-hydrogen) atoms. The van der Waals surface area contributed by atoms with Gasteiger partial charge in [-0.3, -0.25) is 0 Å². The van der Waals surface area contributed by atoms with Crippen molar-refractivity contribution in [2.75, 3.05) is 0 Å². The SMILES string of the molecule is O=NC1CCCCC(O)CC1. The van der Waals surface area contributed by atoms with Crippen LogP contribution < -0.4 is 0 Å². The smallest absolute Gasteiger partial charge is 0.0920 e. The van der Waals surface area contributed by atoms with E-state index in [2.05, 4.69) is 5.18 Å². The Morgan fingerprint density at radius 3 is 2.55 bits per heavy atom. The lowest BCUT2D eigenvalue weighted by atomic mass is 9.96. The van der Waals surface area contributed by atoms with E-state index in [1.165, 1.54) is 0 Å². The topological polar surface area (TPSA) is 49.7 Å². The average molecular weight is 157 g/mol. The first-order valence-corrected chi connectivity index (χ1v) is 4.33. The molecule has 1 rings (SSSR count). The van der Waals surface area contributed by atoms with E-state index in [4.69, 9.17) is 0 Å². The summed E-state index contributed by atoms with van der Waals surface area (Å²) in [5, 5.41) is 12.3. The molecule has 1 N–H and O–H groups in total. The molecule has 0 saturated heterocycles. The second kappa shape index (κ2) is 4.44. The third kappa shape index (κ3) is 2.97. The molecule has 3 heteroatoms. The van der Waals surface area contributed by atoms with Crippen molar-refractivity contribution >= 4 is 0 Å². The molecule has 2 unspecified atom stereocenters. The van der Waals surface area contributed by atoms with Crippen LogP contribution in [-0.2, 0) is 0 Å². The van der Waals surface area contributed by atoms with Gasteiger partial charge in [0.2, 0.25) is 0 Å². The number of nitroso groups, excluding NO2 is 1. The summed E-state index contributed by atoms with van der Waals surface area (Å²) in [7, 11) is 0. The van der Waals surface area contributed by atoms with Gasteiger partial charge in [0.05, 0.1) is 12.1 Å². The van der Waals surface area contributed by atoms with Crippen molar-refractivity contribution in [3.8, 4) is 0 Å². The van der Waals surface area contributed by atoms with E-state index < -0.39 is 0 Å². The molecule has 1 aliphatic rings. The summed E-state index contributed by atoms with van der Waals surface area (Å²) in [6.07, 6.45) is 5.20. The number of aliphatic hydroxyl groups is 1. The van der Waals surface area contributed by atoms with Crippen LogP contribution in [0.3, 0.4) is 0 Å². The fourth-order valence-electron chi connectivity index (χ4n) is 1.54. The molecule has 1 saturated carbocycles. The summed E-state index contributed by atoms with van der Waals surface area (Å²) in [5.74, 6) is 0. The van der Waals surface area contributed by atoms with Gasteiger partial charge in [-0.1, -0.05) is 18.0 Å². The maximum absolute atomic E-state index is 10.2. The Hall–Kier alpha value is -0.440. The molecule has 0 aromatic heterocycles. The predicted octanol–water partition coefficient (Wildman–Crippen LogP) is 1.84. The first-order valence-electron chi connectivity index (χ1n) is 4.33. The van der Waals surface area contributed by atoms with Gasteiger partial charge in [-0.25, -0.2) is 0 Å². The van der Waals surface area contributed by atoms with Crippen molar-refractivity contribution in [2.24, 2.45) is 5.18 Å². The first-order chi connectivity index (χ1) is 5.33. The Bertz CT molecular complexity index is 127. The minimum Gasteiger partial charge on any atom is -0.393 e. The average Bonchev–Trinajstić information content (AvgIpc) is 1.98. The van der Waals surface area contributed by atoms with Crippen LogP contribution in [0.15, 0.2) is 5.18 Å². The number of aliphatic hydroxyl groups excluding tert-OH is 1. The third-order valence-electron chi connectivity index (χ3n) is 2.31. The zero-order valence-corrected chi connectivity index (χ0v) is 6.70. The Labute approximate surface area is 66.8 Å². The number of hydrogen-bond donors (Lipinski definition) is 1. The van der Waals surface area contributed by atoms with Gasteiger partial charge >= 0.3 is 0 Å². The van der Waals surface area contributed by atoms with Gasteiger partial charge in [0.1, 0.15) is 0 Å². The van der Waals surface area contributed by atoms with Gasteiger partial charge in [0.25, 0.3) is 0 Å². The summed E-state index contributed by atoms with van der Waals surface area (Å²) >= 11 is 0. The molecular formula is C8H15NO2.